The van der Waals surface area contributed by atoms with E-state index in [4.69, 9.17) is 9.47 Å². The molecule has 0 radical (unpaired) electrons. The fraction of sp³-hybridized carbons (Fsp3) is 0.391. The van der Waals surface area contributed by atoms with E-state index in [2.05, 4.69) is 20.9 Å². The zero-order valence-corrected chi connectivity index (χ0v) is 18.3. The summed E-state index contributed by atoms with van der Waals surface area (Å²) in [7, 11) is 1.67. The molecule has 0 spiro atoms. The van der Waals surface area contributed by atoms with Crippen molar-refractivity contribution in [2.45, 2.75) is 26.8 Å². The van der Waals surface area contributed by atoms with Gasteiger partial charge in [-0.15, -0.1) is 0 Å². The minimum Gasteiger partial charge on any atom is -0.493 e. The molecule has 0 atom stereocenters. The molecule has 0 bridgehead atoms. The number of guanidine groups is 1. The van der Waals surface area contributed by atoms with Crippen molar-refractivity contribution in [1.29, 1.82) is 0 Å². The van der Waals surface area contributed by atoms with Gasteiger partial charge in [0.25, 0.3) is 0 Å². The molecule has 0 aromatic heterocycles. The number of benzene rings is 2. The number of carbonyl (C=O) groups excluding carboxylic acids is 1. The van der Waals surface area contributed by atoms with Crippen LogP contribution in [-0.2, 0) is 16.1 Å². The van der Waals surface area contributed by atoms with Gasteiger partial charge in [0.15, 0.2) is 5.96 Å². The topological polar surface area (TPSA) is 84.0 Å². The quantitative estimate of drug-likeness (QED) is 0.290. The summed E-state index contributed by atoms with van der Waals surface area (Å²) in [6.07, 6.45) is 0.806. The van der Waals surface area contributed by atoms with E-state index < -0.39 is 0 Å². The van der Waals surface area contributed by atoms with E-state index in [1.165, 1.54) is 24.3 Å². The van der Waals surface area contributed by atoms with Crippen LogP contribution in [0, 0.1) is 12.7 Å². The zero-order valence-electron chi connectivity index (χ0n) is 18.3. The number of rotatable bonds is 11. The fourth-order valence-electron chi connectivity index (χ4n) is 2.72. The largest absolute Gasteiger partial charge is 0.493 e. The van der Waals surface area contributed by atoms with Gasteiger partial charge in [-0.1, -0.05) is 12.1 Å². The van der Waals surface area contributed by atoms with Crippen molar-refractivity contribution >= 4 is 17.6 Å². The van der Waals surface area contributed by atoms with Gasteiger partial charge in [-0.3, -0.25) is 4.79 Å². The van der Waals surface area contributed by atoms with E-state index in [0.717, 1.165) is 23.3 Å². The van der Waals surface area contributed by atoms with Crippen molar-refractivity contribution in [2.75, 3.05) is 38.7 Å². The molecule has 2 rings (SSSR count). The van der Waals surface area contributed by atoms with Crippen LogP contribution in [0.5, 0.6) is 5.75 Å². The number of hydrogen-bond donors (Lipinski definition) is 3. The number of methoxy groups -OCH3 is 1. The second-order valence-corrected chi connectivity index (χ2v) is 6.91. The Labute approximate surface area is 183 Å². The van der Waals surface area contributed by atoms with E-state index in [1.54, 1.807) is 7.11 Å². The van der Waals surface area contributed by atoms with Crippen LogP contribution in [-0.4, -0.2) is 45.3 Å². The molecule has 3 N–H and O–H groups in total. The lowest BCUT2D eigenvalue weighted by Gasteiger charge is -2.14. The number of anilines is 1. The van der Waals surface area contributed by atoms with Gasteiger partial charge in [-0.05, 0) is 49.7 Å². The molecule has 7 nitrogen and oxygen atoms in total. The first-order chi connectivity index (χ1) is 15.0. The Hall–Kier alpha value is -3.13. The van der Waals surface area contributed by atoms with Crippen LogP contribution in [0.2, 0.25) is 0 Å². The predicted octanol–water partition coefficient (Wildman–Crippen LogP) is 3.24. The molecular formula is C23H31FN4O3. The molecule has 0 aliphatic heterocycles. The SMILES string of the molecule is CCNC(=NCc1ccc(C)cc1OCCCOC)NCC(=O)Nc1ccc(F)cc1. The molecule has 0 aliphatic rings. The number of halogens is 1. The summed E-state index contributed by atoms with van der Waals surface area (Å²) < 4.78 is 23.9. The highest BCUT2D eigenvalue weighted by Gasteiger charge is 2.07. The maximum absolute atomic E-state index is 13.0. The van der Waals surface area contributed by atoms with Gasteiger partial charge in [-0.2, -0.15) is 0 Å². The van der Waals surface area contributed by atoms with Crippen molar-refractivity contribution in [1.82, 2.24) is 10.6 Å². The molecule has 1 amide bonds. The lowest BCUT2D eigenvalue weighted by Crippen LogP contribution is -2.41. The summed E-state index contributed by atoms with van der Waals surface area (Å²) >= 11 is 0. The van der Waals surface area contributed by atoms with Gasteiger partial charge in [0.2, 0.25) is 5.91 Å². The molecule has 8 heteroatoms. The van der Waals surface area contributed by atoms with E-state index in [1.807, 2.05) is 32.0 Å². The third kappa shape index (κ3) is 9.04. The molecule has 0 fully saturated rings. The molecule has 0 heterocycles. The molecule has 0 aliphatic carbocycles. The number of nitrogens with one attached hydrogen (secondary N) is 3. The van der Waals surface area contributed by atoms with Crippen LogP contribution < -0.4 is 20.7 Å². The highest BCUT2D eigenvalue weighted by atomic mass is 19.1. The lowest BCUT2D eigenvalue weighted by atomic mass is 10.1. The molecule has 0 saturated carbocycles. The Morgan fingerprint density at radius 1 is 1.10 bits per heavy atom. The molecule has 168 valence electrons. The van der Waals surface area contributed by atoms with Crippen molar-refractivity contribution in [3.8, 4) is 5.75 Å². The molecule has 2 aromatic rings. The summed E-state index contributed by atoms with van der Waals surface area (Å²) in [5, 5.41) is 8.84. The molecule has 31 heavy (non-hydrogen) atoms. The van der Waals surface area contributed by atoms with Crippen LogP contribution in [0.15, 0.2) is 47.5 Å². The number of aryl methyl sites for hydroxylation is 1. The summed E-state index contributed by atoms with van der Waals surface area (Å²) in [6, 6.07) is 11.6. The highest BCUT2D eigenvalue weighted by Crippen LogP contribution is 2.21. The lowest BCUT2D eigenvalue weighted by molar-refractivity contribution is -0.115. The minimum atomic E-state index is -0.351. The van der Waals surface area contributed by atoms with Gasteiger partial charge < -0.3 is 25.4 Å². The van der Waals surface area contributed by atoms with Gasteiger partial charge in [0.05, 0.1) is 19.7 Å². The third-order valence-corrected chi connectivity index (χ3v) is 4.27. The maximum Gasteiger partial charge on any atom is 0.243 e. The second kappa shape index (κ2) is 13.2. The normalized spacial score (nSPS) is 11.2. The third-order valence-electron chi connectivity index (χ3n) is 4.27. The summed E-state index contributed by atoms with van der Waals surface area (Å²) in [5.74, 6) is 0.706. The van der Waals surface area contributed by atoms with Crippen LogP contribution in [0.3, 0.4) is 0 Å². The Morgan fingerprint density at radius 3 is 2.58 bits per heavy atom. The smallest absolute Gasteiger partial charge is 0.243 e. The number of aliphatic imine (C=N–C) groups is 1. The van der Waals surface area contributed by atoms with Gasteiger partial charge in [-0.25, -0.2) is 9.38 Å². The van der Waals surface area contributed by atoms with Crippen LogP contribution >= 0.6 is 0 Å². The van der Waals surface area contributed by atoms with Crippen molar-refractivity contribution < 1.29 is 18.7 Å². The van der Waals surface area contributed by atoms with E-state index >= 15 is 0 Å². The molecule has 0 unspecified atom stereocenters. The first-order valence-electron chi connectivity index (χ1n) is 10.3. The number of ether oxygens (including phenoxy) is 2. The second-order valence-electron chi connectivity index (χ2n) is 6.91. The Kier molecular flexibility index (Phi) is 10.3. The standard InChI is InChI=1S/C23H31FN4O3/c1-4-25-23(27-16-22(29)28-20-10-8-19(24)9-11-20)26-15-18-7-6-17(2)14-21(18)31-13-5-12-30-3/h6-11,14H,4-5,12-13,15-16H2,1-3H3,(H,28,29)(H2,25,26,27). The average Bonchev–Trinajstić information content (AvgIpc) is 2.76. The summed E-state index contributed by atoms with van der Waals surface area (Å²) in [5.41, 5.74) is 2.60. The number of nitrogens with zero attached hydrogens (tertiary/aromatic N) is 1. The van der Waals surface area contributed by atoms with Crippen LogP contribution in [0.25, 0.3) is 0 Å². The molecular weight excluding hydrogens is 399 g/mol. The molecule has 2 aromatic carbocycles. The first-order valence-corrected chi connectivity index (χ1v) is 10.3. The van der Waals surface area contributed by atoms with E-state index in [0.29, 0.717) is 38.0 Å². The zero-order chi connectivity index (χ0) is 22.5. The van der Waals surface area contributed by atoms with Crippen LogP contribution in [0.1, 0.15) is 24.5 Å². The average molecular weight is 431 g/mol. The number of carbonyl (C=O) groups is 1. The van der Waals surface area contributed by atoms with Crippen molar-refractivity contribution in [2.24, 2.45) is 4.99 Å². The monoisotopic (exact) mass is 430 g/mol. The van der Waals surface area contributed by atoms with E-state index in [-0.39, 0.29) is 18.3 Å². The number of hydrogen-bond acceptors (Lipinski definition) is 4. The van der Waals surface area contributed by atoms with Crippen LogP contribution in [0.4, 0.5) is 10.1 Å². The summed E-state index contributed by atoms with van der Waals surface area (Å²) in [6.45, 7) is 6.25. The summed E-state index contributed by atoms with van der Waals surface area (Å²) in [4.78, 5) is 16.7. The van der Waals surface area contributed by atoms with Gasteiger partial charge in [0, 0.05) is 37.9 Å². The predicted molar refractivity (Wildman–Crippen MR) is 121 cm³/mol. The Balaban J connectivity index is 1.95. The fourth-order valence-corrected chi connectivity index (χ4v) is 2.72. The maximum atomic E-state index is 13.0. The Bertz CT molecular complexity index is 856. The molecule has 0 saturated heterocycles. The highest BCUT2D eigenvalue weighted by molar-refractivity contribution is 5.94. The Morgan fingerprint density at radius 2 is 1.87 bits per heavy atom. The first kappa shape index (κ1) is 24.1. The van der Waals surface area contributed by atoms with Crippen molar-refractivity contribution in [3.63, 3.8) is 0 Å². The van der Waals surface area contributed by atoms with Crippen molar-refractivity contribution in [3.05, 3.63) is 59.4 Å². The van der Waals surface area contributed by atoms with Gasteiger partial charge >= 0.3 is 0 Å². The van der Waals surface area contributed by atoms with E-state index in [9.17, 15) is 9.18 Å². The van der Waals surface area contributed by atoms with Gasteiger partial charge in [0.1, 0.15) is 11.6 Å². The minimum absolute atomic E-state index is 0.0253. The number of amides is 1.